The van der Waals surface area contributed by atoms with Gasteiger partial charge in [-0.05, 0) is 55.7 Å². The summed E-state index contributed by atoms with van der Waals surface area (Å²) in [4.78, 5) is 28.9. The Morgan fingerprint density at radius 3 is 2.20 bits per heavy atom. The molecule has 41 heavy (non-hydrogen) atoms. The highest BCUT2D eigenvalue weighted by Gasteiger charge is 2.31. The van der Waals surface area contributed by atoms with Crippen molar-refractivity contribution in [3.8, 4) is 0 Å². The minimum absolute atomic E-state index is 0.00783. The van der Waals surface area contributed by atoms with Crippen LogP contribution in [0, 0.1) is 0 Å². The molecule has 1 N–H and O–H groups in total. The molecule has 0 aliphatic carbocycles. The van der Waals surface area contributed by atoms with E-state index in [2.05, 4.69) is 5.32 Å². The van der Waals surface area contributed by atoms with E-state index in [0.717, 1.165) is 16.1 Å². The average Bonchev–Trinajstić information content (AvgIpc) is 2.90. The number of carbonyl (C=O) groups is 2. The molecular formula is C30H34Cl3N3O4S. The van der Waals surface area contributed by atoms with Gasteiger partial charge in [-0.25, -0.2) is 8.42 Å². The van der Waals surface area contributed by atoms with Crippen molar-refractivity contribution < 1.29 is 18.0 Å². The Kier molecular flexibility index (Phi) is 11.9. The van der Waals surface area contributed by atoms with Crippen molar-refractivity contribution in [2.45, 2.75) is 51.7 Å². The zero-order chi connectivity index (χ0) is 30.2. The first kappa shape index (κ1) is 32.7. The lowest BCUT2D eigenvalue weighted by Crippen LogP contribution is -2.51. The Labute approximate surface area is 257 Å². The van der Waals surface area contributed by atoms with Crippen molar-refractivity contribution >= 4 is 62.3 Å². The Morgan fingerprint density at radius 2 is 1.56 bits per heavy atom. The summed E-state index contributed by atoms with van der Waals surface area (Å²) >= 11 is 18.9. The normalized spacial score (nSPS) is 12.2. The van der Waals surface area contributed by atoms with Crippen molar-refractivity contribution in [2.75, 3.05) is 17.1 Å². The molecule has 11 heteroatoms. The van der Waals surface area contributed by atoms with E-state index in [0.29, 0.717) is 22.0 Å². The van der Waals surface area contributed by atoms with Crippen LogP contribution in [-0.4, -0.2) is 50.0 Å². The third kappa shape index (κ3) is 9.64. The highest BCUT2D eigenvalue weighted by molar-refractivity contribution is 7.92. The van der Waals surface area contributed by atoms with E-state index in [1.54, 1.807) is 18.2 Å². The van der Waals surface area contributed by atoms with E-state index >= 15 is 0 Å². The maximum absolute atomic E-state index is 13.9. The van der Waals surface area contributed by atoms with Crippen LogP contribution in [0.5, 0.6) is 0 Å². The Bertz CT molecular complexity index is 1450. The molecule has 3 aromatic carbocycles. The van der Waals surface area contributed by atoms with Gasteiger partial charge < -0.3 is 10.2 Å². The van der Waals surface area contributed by atoms with Crippen molar-refractivity contribution in [2.24, 2.45) is 0 Å². The number of rotatable bonds is 13. The number of amides is 2. The molecule has 1 atom stereocenters. The van der Waals surface area contributed by atoms with E-state index in [9.17, 15) is 18.0 Å². The van der Waals surface area contributed by atoms with Gasteiger partial charge in [-0.1, -0.05) is 83.3 Å². The predicted molar refractivity (Wildman–Crippen MR) is 167 cm³/mol. The molecule has 3 rings (SSSR count). The number of hydrogen-bond acceptors (Lipinski definition) is 4. The van der Waals surface area contributed by atoms with Gasteiger partial charge in [0.25, 0.3) is 0 Å². The van der Waals surface area contributed by atoms with E-state index < -0.39 is 16.1 Å². The number of nitrogens with one attached hydrogen (secondary N) is 1. The maximum Gasteiger partial charge on any atom is 0.243 e. The highest BCUT2D eigenvalue weighted by Crippen LogP contribution is 2.31. The zero-order valence-corrected chi connectivity index (χ0v) is 26.3. The summed E-state index contributed by atoms with van der Waals surface area (Å²) in [6.45, 7) is 3.82. The topological polar surface area (TPSA) is 86.8 Å². The van der Waals surface area contributed by atoms with Crippen LogP contribution in [0.1, 0.15) is 37.8 Å². The van der Waals surface area contributed by atoms with Gasteiger partial charge in [0.2, 0.25) is 21.8 Å². The molecule has 7 nitrogen and oxygen atoms in total. The molecule has 0 bridgehead atoms. The minimum Gasteiger partial charge on any atom is -0.352 e. The molecule has 0 unspecified atom stereocenters. The summed E-state index contributed by atoms with van der Waals surface area (Å²) in [5.74, 6) is -0.594. The second-order valence-electron chi connectivity index (χ2n) is 10.0. The summed E-state index contributed by atoms with van der Waals surface area (Å²) in [6, 6.07) is 20.2. The lowest BCUT2D eigenvalue weighted by Gasteiger charge is -2.32. The molecule has 0 spiro atoms. The zero-order valence-electron chi connectivity index (χ0n) is 23.2. The smallest absolute Gasteiger partial charge is 0.243 e. The van der Waals surface area contributed by atoms with Gasteiger partial charge in [0, 0.05) is 42.0 Å². The number of carbonyl (C=O) groups excluding carboxylic acids is 2. The molecule has 220 valence electrons. The minimum atomic E-state index is -3.73. The van der Waals surface area contributed by atoms with Crippen molar-refractivity contribution in [3.63, 3.8) is 0 Å². The standard InChI is InChI=1S/C30H34Cl3N3O4S/c1-21(2)34-30(38)28(18-22-10-5-4-6-11-22)35(20-23-12-7-8-13-25(23)32)29(37)14-9-17-36(41(3,39)40)27-19-24(31)15-16-26(27)33/h4-8,10-13,15-16,19,21,28H,9,14,17-18,20H2,1-3H3,(H,34,38)/t28-/m0/s1. The third-order valence-corrected chi connectivity index (χ3v) is 8.43. The molecule has 0 saturated carbocycles. The Hall–Kier alpha value is -2.78. The molecule has 0 saturated heterocycles. The fraction of sp³-hybridized carbons (Fsp3) is 0.333. The number of nitrogens with zero attached hydrogens (tertiary/aromatic N) is 2. The number of benzene rings is 3. The van der Waals surface area contributed by atoms with Gasteiger partial charge in [-0.3, -0.25) is 13.9 Å². The van der Waals surface area contributed by atoms with Crippen molar-refractivity contribution in [3.05, 3.63) is 99.0 Å². The summed E-state index contributed by atoms with van der Waals surface area (Å²) in [5.41, 5.74) is 1.83. The van der Waals surface area contributed by atoms with Crippen molar-refractivity contribution in [1.29, 1.82) is 0 Å². The monoisotopic (exact) mass is 637 g/mol. The first-order valence-corrected chi connectivity index (χ1v) is 16.1. The lowest BCUT2D eigenvalue weighted by atomic mass is 10.0. The average molecular weight is 639 g/mol. The van der Waals surface area contributed by atoms with Gasteiger partial charge in [0.15, 0.2) is 0 Å². The predicted octanol–water partition coefficient (Wildman–Crippen LogP) is 6.36. The molecule has 0 aliphatic heterocycles. The third-order valence-electron chi connectivity index (χ3n) is 6.33. The van der Waals surface area contributed by atoms with Crippen LogP contribution in [0.2, 0.25) is 15.1 Å². The second kappa shape index (κ2) is 14.9. The van der Waals surface area contributed by atoms with Gasteiger partial charge in [-0.15, -0.1) is 0 Å². The van der Waals surface area contributed by atoms with Gasteiger partial charge in [0.05, 0.1) is 17.0 Å². The van der Waals surface area contributed by atoms with Crippen molar-refractivity contribution in [1.82, 2.24) is 10.2 Å². The Balaban J connectivity index is 1.91. The summed E-state index contributed by atoms with van der Waals surface area (Å²) in [6.07, 6.45) is 1.53. The lowest BCUT2D eigenvalue weighted by molar-refractivity contribution is -0.141. The molecule has 0 radical (unpaired) electrons. The highest BCUT2D eigenvalue weighted by atomic mass is 35.5. The Morgan fingerprint density at radius 1 is 0.902 bits per heavy atom. The van der Waals surface area contributed by atoms with Crippen LogP contribution >= 0.6 is 34.8 Å². The van der Waals surface area contributed by atoms with Crippen LogP contribution < -0.4 is 9.62 Å². The molecular weight excluding hydrogens is 605 g/mol. The van der Waals surface area contributed by atoms with E-state index in [-0.39, 0.29) is 54.5 Å². The second-order valence-corrected chi connectivity index (χ2v) is 13.2. The van der Waals surface area contributed by atoms with Crippen LogP contribution in [0.4, 0.5) is 5.69 Å². The quantitative estimate of drug-likeness (QED) is 0.236. The van der Waals surface area contributed by atoms with E-state index in [1.165, 1.54) is 17.0 Å². The number of sulfonamides is 1. The van der Waals surface area contributed by atoms with Crippen LogP contribution in [0.25, 0.3) is 0 Å². The molecule has 0 aromatic heterocycles. The fourth-order valence-electron chi connectivity index (χ4n) is 4.40. The number of hydrogen-bond donors (Lipinski definition) is 1. The van der Waals surface area contributed by atoms with Crippen LogP contribution in [0.15, 0.2) is 72.8 Å². The largest absolute Gasteiger partial charge is 0.352 e. The SMILES string of the molecule is CC(C)NC(=O)[C@H](Cc1ccccc1)N(Cc1ccccc1Cl)C(=O)CCCN(c1cc(Cl)ccc1Cl)S(C)(=O)=O. The first-order chi connectivity index (χ1) is 19.4. The van der Waals surface area contributed by atoms with Crippen LogP contribution in [0.3, 0.4) is 0 Å². The molecule has 0 fully saturated rings. The van der Waals surface area contributed by atoms with Gasteiger partial charge in [-0.2, -0.15) is 0 Å². The molecule has 0 aliphatic rings. The summed E-state index contributed by atoms with van der Waals surface area (Å²) < 4.78 is 26.4. The number of anilines is 1. The summed E-state index contributed by atoms with van der Waals surface area (Å²) in [7, 11) is -3.73. The first-order valence-electron chi connectivity index (χ1n) is 13.2. The van der Waals surface area contributed by atoms with E-state index in [1.807, 2.05) is 56.3 Å². The van der Waals surface area contributed by atoms with Crippen LogP contribution in [-0.2, 0) is 32.6 Å². The fourth-order valence-corrected chi connectivity index (χ4v) is 6.00. The number of halogens is 3. The molecule has 2 amide bonds. The summed E-state index contributed by atoms with van der Waals surface area (Å²) in [5, 5.41) is 3.98. The van der Waals surface area contributed by atoms with Gasteiger partial charge in [0.1, 0.15) is 6.04 Å². The maximum atomic E-state index is 13.9. The molecule has 0 heterocycles. The molecule has 3 aromatic rings. The van der Waals surface area contributed by atoms with E-state index in [4.69, 9.17) is 34.8 Å². The van der Waals surface area contributed by atoms with Gasteiger partial charge >= 0.3 is 0 Å².